The number of aliphatic hydroxyl groups excluding tert-OH is 4. The number of ether oxygens (including phenoxy) is 4. The maximum absolute atomic E-state index is 13.1. The maximum atomic E-state index is 13.1. The lowest BCUT2D eigenvalue weighted by Gasteiger charge is -2.49. The van der Waals surface area contributed by atoms with Crippen LogP contribution in [0.2, 0.25) is 0 Å². The Morgan fingerprint density at radius 2 is 1.80 bits per heavy atom. The van der Waals surface area contributed by atoms with Crippen LogP contribution >= 0.6 is 0 Å². The molecular weight excluding hydrogens is 535 g/mol. The second kappa shape index (κ2) is 15.2. The SMILES string of the molecule is CN[C@H]1[C@@H](O)[C@@H](OC2C(O)C(O[C@H]3O[C@H](CNCCO)CCC3N)[C@@H](N)C[C@H]2NC(N)C(O)CF)OCC1(C)O. The summed E-state index contributed by atoms with van der Waals surface area (Å²) in [5, 5.41) is 60.7. The van der Waals surface area contributed by atoms with Gasteiger partial charge in [0.1, 0.15) is 42.8 Å². The normalized spacial score (nSPS) is 44.3. The highest BCUT2D eigenvalue weighted by molar-refractivity contribution is 5.03. The number of hydrogen-bond donors (Lipinski definition) is 11. The zero-order valence-electron chi connectivity index (χ0n) is 23.1. The van der Waals surface area contributed by atoms with Crippen molar-refractivity contribution in [3.63, 3.8) is 0 Å². The van der Waals surface area contributed by atoms with Crippen LogP contribution in [0.4, 0.5) is 4.39 Å². The summed E-state index contributed by atoms with van der Waals surface area (Å²) in [6, 6.07) is -2.87. The Hall–Kier alpha value is -0.670. The van der Waals surface area contributed by atoms with Crippen LogP contribution in [-0.4, -0.2) is 151 Å². The van der Waals surface area contributed by atoms with Crippen molar-refractivity contribution in [2.45, 2.75) is 111 Å². The van der Waals surface area contributed by atoms with Crippen molar-refractivity contribution in [2.75, 3.05) is 40.0 Å². The van der Waals surface area contributed by atoms with E-state index < -0.39 is 85.7 Å². The Labute approximate surface area is 233 Å². The first-order chi connectivity index (χ1) is 18.9. The molecule has 7 unspecified atom stereocenters. The minimum Gasteiger partial charge on any atom is -0.395 e. The first-order valence-electron chi connectivity index (χ1n) is 13.9. The Morgan fingerprint density at radius 1 is 1.10 bits per heavy atom. The molecule has 2 heterocycles. The van der Waals surface area contributed by atoms with E-state index in [2.05, 4.69) is 16.0 Å². The zero-order chi connectivity index (χ0) is 29.6. The van der Waals surface area contributed by atoms with Crippen LogP contribution < -0.4 is 33.2 Å². The first-order valence-corrected chi connectivity index (χ1v) is 13.9. The van der Waals surface area contributed by atoms with Gasteiger partial charge in [0, 0.05) is 25.2 Å². The predicted octanol–water partition coefficient (Wildman–Crippen LogP) is -5.11. The fourth-order valence-corrected chi connectivity index (χ4v) is 5.59. The largest absolute Gasteiger partial charge is 0.395 e. The molecule has 14 N–H and O–H groups in total. The molecule has 40 heavy (non-hydrogen) atoms. The van der Waals surface area contributed by atoms with E-state index >= 15 is 0 Å². The summed E-state index contributed by atoms with van der Waals surface area (Å²) in [7, 11) is 1.57. The number of rotatable bonds is 13. The van der Waals surface area contributed by atoms with E-state index in [0.29, 0.717) is 25.9 Å². The molecule has 2 saturated heterocycles. The predicted molar refractivity (Wildman–Crippen MR) is 140 cm³/mol. The molecule has 1 saturated carbocycles. The molecule has 0 aromatic heterocycles. The van der Waals surface area contributed by atoms with Crippen LogP contribution in [0.25, 0.3) is 0 Å². The molecule has 3 fully saturated rings. The van der Waals surface area contributed by atoms with Gasteiger partial charge in [0.2, 0.25) is 0 Å². The summed E-state index contributed by atoms with van der Waals surface area (Å²) in [6.07, 6.45) is -8.62. The van der Waals surface area contributed by atoms with Crippen molar-refractivity contribution in [1.82, 2.24) is 16.0 Å². The first kappa shape index (κ1) is 33.8. The Morgan fingerprint density at radius 3 is 2.45 bits per heavy atom. The van der Waals surface area contributed by atoms with Crippen LogP contribution in [-0.2, 0) is 18.9 Å². The Bertz CT molecular complexity index is 764. The number of nitrogens with two attached hydrogens (primary N) is 3. The quantitative estimate of drug-likeness (QED) is 0.0715. The van der Waals surface area contributed by atoms with E-state index in [1.165, 1.54) is 6.92 Å². The van der Waals surface area contributed by atoms with Gasteiger partial charge in [0.05, 0.1) is 37.6 Å². The summed E-state index contributed by atoms with van der Waals surface area (Å²) >= 11 is 0. The van der Waals surface area contributed by atoms with Gasteiger partial charge in [-0.15, -0.1) is 0 Å². The van der Waals surface area contributed by atoms with Gasteiger partial charge in [-0.2, -0.15) is 0 Å². The van der Waals surface area contributed by atoms with Gasteiger partial charge in [-0.3, -0.25) is 5.32 Å². The van der Waals surface area contributed by atoms with Crippen molar-refractivity contribution in [2.24, 2.45) is 17.2 Å². The molecule has 0 radical (unpaired) electrons. The van der Waals surface area contributed by atoms with Crippen LogP contribution in [0.3, 0.4) is 0 Å². The fourth-order valence-electron chi connectivity index (χ4n) is 5.59. The van der Waals surface area contributed by atoms with Crippen molar-refractivity contribution in [3.05, 3.63) is 0 Å². The molecule has 16 heteroatoms. The summed E-state index contributed by atoms with van der Waals surface area (Å²) < 4.78 is 37.0. The number of aliphatic hydroxyl groups is 5. The molecule has 15 nitrogen and oxygen atoms in total. The zero-order valence-corrected chi connectivity index (χ0v) is 23.1. The average Bonchev–Trinajstić information content (AvgIpc) is 2.91. The van der Waals surface area contributed by atoms with Gasteiger partial charge < -0.3 is 72.3 Å². The fraction of sp³-hybridized carbons (Fsp3) is 1.00. The highest BCUT2D eigenvalue weighted by Gasteiger charge is 2.51. The van der Waals surface area contributed by atoms with Crippen LogP contribution in [0.15, 0.2) is 0 Å². The van der Waals surface area contributed by atoms with E-state index in [-0.39, 0.29) is 25.7 Å². The number of alkyl halides is 1. The number of likely N-dealkylation sites (N-methyl/N-ethyl adjacent to an activating group) is 1. The Kier molecular flexibility index (Phi) is 12.8. The smallest absolute Gasteiger partial charge is 0.185 e. The molecule has 3 rings (SSSR count). The van der Waals surface area contributed by atoms with E-state index in [1.807, 2.05) is 0 Å². The number of hydrogen-bond acceptors (Lipinski definition) is 15. The van der Waals surface area contributed by atoms with Gasteiger partial charge in [-0.05, 0) is 33.2 Å². The van der Waals surface area contributed by atoms with Crippen LogP contribution in [0.5, 0.6) is 0 Å². The Balaban J connectivity index is 1.77. The molecule has 14 atom stereocenters. The third kappa shape index (κ3) is 8.24. The molecule has 2 aliphatic heterocycles. The van der Waals surface area contributed by atoms with Crippen molar-refractivity contribution >= 4 is 0 Å². The second-order valence-corrected chi connectivity index (χ2v) is 11.2. The molecule has 3 aliphatic rings. The third-order valence-corrected chi connectivity index (χ3v) is 7.88. The standard InChI is InChI=1S/C24H49FN6O9/c1-24(36)10-37-23(17(35)20(24)29-2)40-19-14(31-21(28)15(33)8-25)7-13(27)18(16(19)34)39-22-12(26)4-3-11(38-22)9-30-5-6-32/h11-23,29-36H,3-10,26-28H2,1-2H3/t11-,12?,13-,14+,15?,16?,17+,18?,19?,20-,21?,22+,23+,24?/m0/s1. The molecule has 0 aromatic rings. The van der Waals surface area contributed by atoms with Crippen LogP contribution in [0.1, 0.15) is 26.2 Å². The lowest BCUT2D eigenvalue weighted by atomic mass is 9.83. The average molecular weight is 585 g/mol. The molecular formula is C24H49FN6O9. The molecule has 0 amide bonds. The van der Waals surface area contributed by atoms with Crippen molar-refractivity contribution < 1.29 is 48.9 Å². The molecule has 0 aromatic carbocycles. The minimum atomic E-state index is -1.52. The van der Waals surface area contributed by atoms with E-state index in [4.69, 9.17) is 41.3 Å². The topological polar surface area (TPSA) is 252 Å². The lowest BCUT2D eigenvalue weighted by molar-refractivity contribution is -0.308. The highest BCUT2D eigenvalue weighted by Crippen LogP contribution is 2.32. The van der Waals surface area contributed by atoms with E-state index in [1.54, 1.807) is 7.05 Å². The molecule has 236 valence electrons. The molecule has 1 aliphatic carbocycles. The van der Waals surface area contributed by atoms with Gasteiger partial charge in [-0.1, -0.05) is 0 Å². The van der Waals surface area contributed by atoms with E-state index in [9.17, 15) is 24.8 Å². The van der Waals surface area contributed by atoms with Crippen molar-refractivity contribution in [3.8, 4) is 0 Å². The van der Waals surface area contributed by atoms with E-state index in [0.717, 1.165) is 0 Å². The maximum Gasteiger partial charge on any atom is 0.185 e. The molecule has 0 spiro atoms. The lowest BCUT2D eigenvalue weighted by Crippen LogP contribution is -2.70. The van der Waals surface area contributed by atoms with Crippen molar-refractivity contribution in [1.29, 1.82) is 0 Å². The van der Waals surface area contributed by atoms with Crippen LogP contribution in [0, 0.1) is 0 Å². The number of nitrogens with one attached hydrogen (secondary N) is 3. The third-order valence-electron chi connectivity index (χ3n) is 7.88. The summed E-state index contributed by atoms with van der Waals surface area (Å²) in [4.78, 5) is 0. The summed E-state index contributed by atoms with van der Waals surface area (Å²) in [5.41, 5.74) is 17.2. The minimum absolute atomic E-state index is 0.0100. The molecule has 0 bridgehead atoms. The van der Waals surface area contributed by atoms with Gasteiger partial charge in [0.25, 0.3) is 0 Å². The van der Waals surface area contributed by atoms with Gasteiger partial charge >= 0.3 is 0 Å². The second-order valence-electron chi connectivity index (χ2n) is 11.2. The van der Waals surface area contributed by atoms with Gasteiger partial charge in [0.15, 0.2) is 12.6 Å². The highest BCUT2D eigenvalue weighted by atomic mass is 19.1. The summed E-state index contributed by atoms with van der Waals surface area (Å²) in [5.74, 6) is 0. The number of halogens is 1. The summed E-state index contributed by atoms with van der Waals surface area (Å²) in [6.45, 7) is 1.12. The van der Waals surface area contributed by atoms with Gasteiger partial charge in [-0.25, -0.2) is 4.39 Å². The monoisotopic (exact) mass is 584 g/mol.